The second kappa shape index (κ2) is 6.71. The molecule has 1 aromatic heterocycles. The summed E-state index contributed by atoms with van der Waals surface area (Å²) in [6, 6.07) is 11.6. The lowest BCUT2D eigenvalue weighted by Crippen LogP contribution is -3.00. The van der Waals surface area contributed by atoms with E-state index in [4.69, 9.17) is 5.73 Å². The summed E-state index contributed by atoms with van der Waals surface area (Å²) in [5.74, 6) is -0.405. The van der Waals surface area contributed by atoms with Gasteiger partial charge in [0.2, 0.25) is 5.91 Å². The van der Waals surface area contributed by atoms with Gasteiger partial charge in [-0.15, -0.1) is 0 Å². The number of carbonyl (C=O) groups is 1. The van der Waals surface area contributed by atoms with Crippen LogP contribution in [0.25, 0.3) is 6.08 Å². The van der Waals surface area contributed by atoms with Gasteiger partial charge in [-0.3, -0.25) is 4.79 Å². The third kappa shape index (κ3) is 3.93. The van der Waals surface area contributed by atoms with Gasteiger partial charge < -0.3 is 18.1 Å². The summed E-state index contributed by atoms with van der Waals surface area (Å²) in [5, 5.41) is 0. The smallest absolute Gasteiger partial charge is 0.249 e. The molecule has 0 fully saturated rings. The molecule has 0 saturated heterocycles. The quantitative estimate of drug-likeness (QED) is 0.698. The van der Waals surface area contributed by atoms with Crippen molar-refractivity contribution in [2.24, 2.45) is 5.73 Å². The van der Waals surface area contributed by atoms with Crippen molar-refractivity contribution in [3.05, 3.63) is 72.1 Å². The molecule has 1 aromatic carbocycles. The van der Waals surface area contributed by atoms with Crippen molar-refractivity contribution in [2.75, 3.05) is 0 Å². The SMILES string of the molecule is C=Cc1ccc(C[n+]2ccc(C(N)=O)cc2)cc1.[Cl-]. The standard InChI is InChI=1S/C15H14N2O.ClH/c1-2-12-3-5-13(6-4-12)11-17-9-7-14(8-10-17)15(16)18;/h2-10H,1,11H2,(H-,16,18);1H. The molecule has 3 nitrogen and oxygen atoms in total. The molecular formula is C15H15ClN2O. The second-order valence-corrected chi connectivity index (χ2v) is 4.07. The number of primary amides is 1. The Balaban J connectivity index is 0.00000180. The third-order valence-corrected chi connectivity index (χ3v) is 2.76. The van der Waals surface area contributed by atoms with Crippen LogP contribution in [-0.4, -0.2) is 5.91 Å². The van der Waals surface area contributed by atoms with Crippen molar-refractivity contribution >= 4 is 12.0 Å². The lowest BCUT2D eigenvalue weighted by molar-refractivity contribution is -0.688. The van der Waals surface area contributed by atoms with Gasteiger partial charge >= 0.3 is 0 Å². The van der Waals surface area contributed by atoms with Gasteiger partial charge in [-0.05, 0) is 5.56 Å². The molecule has 1 heterocycles. The molecule has 98 valence electrons. The first-order valence-corrected chi connectivity index (χ1v) is 5.69. The first-order chi connectivity index (χ1) is 8.69. The minimum atomic E-state index is -0.405. The largest absolute Gasteiger partial charge is 1.00 e. The van der Waals surface area contributed by atoms with E-state index in [9.17, 15) is 4.79 Å². The van der Waals surface area contributed by atoms with Crippen LogP contribution in [0.15, 0.2) is 55.4 Å². The predicted molar refractivity (Wildman–Crippen MR) is 70.8 cm³/mol. The molecule has 0 atom stereocenters. The number of halogens is 1. The maximum Gasteiger partial charge on any atom is 0.249 e. The highest BCUT2D eigenvalue weighted by Crippen LogP contribution is 2.05. The molecule has 0 unspecified atom stereocenters. The predicted octanol–water partition coefficient (Wildman–Crippen LogP) is -1.23. The number of carbonyl (C=O) groups excluding carboxylic acids is 1. The fourth-order valence-corrected chi connectivity index (χ4v) is 1.70. The molecule has 0 aliphatic rings. The van der Waals surface area contributed by atoms with Crippen molar-refractivity contribution in [3.63, 3.8) is 0 Å². The number of nitrogens with zero attached hydrogens (tertiary/aromatic N) is 1. The summed E-state index contributed by atoms with van der Waals surface area (Å²) in [6.07, 6.45) is 5.52. The summed E-state index contributed by atoms with van der Waals surface area (Å²) < 4.78 is 2.00. The molecule has 0 spiro atoms. The Morgan fingerprint density at radius 1 is 1.16 bits per heavy atom. The van der Waals surface area contributed by atoms with E-state index < -0.39 is 5.91 Å². The number of pyridine rings is 1. The van der Waals surface area contributed by atoms with Crippen LogP contribution < -0.4 is 22.7 Å². The van der Waals surface area contributed by atoms with E-state index in [-0.39, 0.29) is 12.4 Å². The molecule has 0 saturated carbocycles. The maximum atomic E-state index is 10.9. The van der Waals surface area contributed by atoms with Gasteiger partial charge in [0, 0.05) is 17.7 Å². The summed E-state index contributed by atoms with van der Waals surface area (Å²) in [7, 11) is 0. The van der Waals surface area contributed by atoms with Gasteiger partial charge in [-0.1, -0.05) is 36.9 Å². The molecule has 0 aliphatic heterocycles. The van der Waals surface area contributed by atoms with Crippen LogP contribution in [0.1, 0.15) is 21.5 Å². The minimum Gasteiger partial charge on any atom is -1.00 e. The van der Waals surface area contributed by atoms with E-state index in [1.165, 1.54) is 5.56 Å². The summed E-state index contributed by atoms with van der Waals surface area (Å²) >= 11 is 0. The topological polar surface area (TPSA) is 47.0 Å². The molecule has 0 aliphatic carbocycles. The van der Waals surface area contributed by atoms with E-state index in [2.05, 4.69) is 18.7 Å². The first kappa shape index (κ1) is 14.9. The van der Waals surface area contributed by atoms with Crippen LogP contribution in [0.5, 0.6) is 0 Å². The monoisotopic (exact) mass is 274 g/mol. The highest BCUT2D eigenvalue weighted by Gasteiger charge is 2.05. The zero-order valence-electron chi connectivity index (χ0n) is 10.4. The number of rotatable bonds is 4. The van der Waals surface area contributed by atoms with Crippen LogP contribution in [-0.2, 0) is 6.54 Å². The maximum absolute atomic E-state index is 10.9. The number of hydrogen-bond acceptors (Lipinski definition) is 1. The van der Waals surface area contributed by atoms with Gasteiger partial charge in [-0.2, -0.15) is 0 Å². The Bertz CT molecular complexity index is 562. The van der Waals surface area contributed by atoms with Gasteiger partial charge in [0.05, 0.1) is 5.56 Å². The zero-order chi connectivity index (χ0) is 13.0. The highest BCUT2D eigenvalue weighted by molar-refractivity contribution is 5.92. The van der Waals surface area contributed by atoms with Crippen LogP contribution in [0.4, 0.5) is 0 Å². The summed E-state index contributed by atoms with van der Waals surface area (Å²) in [4.78, 5) is 10.9. The molecule has 19 heavy (non-hydrogen) atoms. The second-order valence-electron chi connectivity index (χ2n) is 4.07. The molecule has 4 heteroatoms. The minimum absolute atomic E-state index is 0. The molecule has 0 bridgehead atoms. The molecule has 0 radical (unpaired) electrons. The zero-order valence-corrected chi connectivity index (χ0v) is 11.2. The van der Waals surface area contributed by atoms with E-state index in [1.807, 2.05) is 35.2 Å². The van der Waals surface area contributed by atoms with Gasteiger partial charge in [-0.25, -0.2) is 4.57 Å². The third-order valence-electron chi connectivity index (χ3n) is 2.76. The van der Waals surface area contributed by atoms with Crippen LogP contribution >= 0.6 is 0 Å². The molecular weight excluding hydrogens is 260 g/mol. The van der Waals surface area contributed by atoms with E-state index in [1.54, 1.807) is 12.1 Å². The molecule has 2 rings (SSSR count). The number of hydrogen-bond donors (Lipinski definition) is 1. The van der Waals surface area contributed by atoms with Gasteiger partial charge in [0.15, 0.2) is 18.9 Å². The Kier molecular flexibility index (Phi) is 5.27. The fourth-order valence-electron chi connectivity index (χ4n) is 1.70. The highest BCUT2D eigenvalue weighted by atomic mass is 35.5. The lowest BCUT2D eigenvalue weighted by Gasteiger charge is -1.99. The molecule has 1 amide bonds. The fraction of sp³-hybridized carbons (Fsp3) is 0.0667. The number of benzene rings is 1. The normalized spacial score (nSPS) is 9.47. The average molecular weight is 275 g/mol. The van der Waals surface area contributed by atoms with E-state index in [0.717, 1.165) is 12.1 Å². The van der Waals surface area contributed by atoms with Crippen LogP contribution in [0.3, 0.4) is 0 Å². The first-order valence-electron chi connectivity index (χ1n) is 5.69. The number of aromatic nitrogens is 1. The summed E-state index contributed by atoms with van der Waals surface area (Å²) in [6.45, 7) is 4.48. The van der Waals surface area contributed by atoms with Crippen molar-refractivity contribution in [1.82, 2.24) is 0 Å². The van der Waals surface area contributed by atoms with Gasteiger partial charge in [0.1, 0.15) is 0 Å². The van der Waals surface area contributed by atoms with E-state index in [0.29, 0.717) is 5.56 Å². The van der Waals surface area contributed by atoms with Crippen molar-refractivity contribution in [2.45, 2.75) is 6.54 Å². The Morgan fingerprint density at radius 2 is 1.74 bits per heavy atom. The Morgan fingerprint density at radius 3 is 2.21 bits per heavy atom. The molecule has 2 N–H and O–H groups in total. The molecule has 2 aromatic rings. The summed E-state index contributed by atoms with van der Waals surface area (Å²) in [5.41, 5.74) is 8.01. The Hall–Kier alpha value is -2.13. The van der Waals surface area contributed by atoms with Crippen molar-refractivity contribution < 1.29 is 21.8 Å². The average Bonchev–Trinajstić information content (AvgIpc) is 2.40. The van der Waals surface area contributed by atoms with Crippen LogP contribution in [0.2, 0.25) is 0 Å². The number of nitrogens with two attached hydrogens (primary N) is 1. The van der Waals surface area contributed by atoms with Gasteiger partial charge in [0.25, 0.3) is 0 Å². The number of amides is 1. The van der Waals surface area contributed by atoms with E-state index >= 15 is 0 Å². The van der Waals surface area contributed by atoms with Crippen LogP contribution in [0, 0.1) is 0 Å². The van der Waals surface area contributed by atoms with Crippen molar-refractivity contribution in [3.8, 4) is 0 Å². The Labute approximate surface area is 118 Å². The lowest BCUT2D eigenvalue weighted by atomic mass is 10.1. The van der Waals surface area contributed by atoms with Crippen molar-refractivity contribution in [1.29, 1.82) is 0 Å².